The Bertz CT molecular complexity index is 681. The molecule has 0 aliphatic carbocycles. The smallest absolute Gasteiger partial charge is 0.328 e. The number of carboxylic acid groups (broad SMARTS) is 1. The number of nitrogens with one attached hydrogen (secondary N) is 2. The number of carbonyl (C=O) groups excluding carboxylic acids is 1. The van der Waals surface area contributed by atoms with Crippen molar-refractivity contribution in [2.24, 2.45) is 0 Å². The first-order valence-electron chi connectivity index (χ1n) is 6.03. The highest BCUT2D eigenvalue weighted by molar-refractivity contribution is 5.92. The van der Waals surface area contributed by atoms with Crippen LogP contribution in [0.5, 0.6) is 0 Å². The second kappa shape index (κ2) is 6.47. The summed E-state index contributed by atoms with van der Waals surface area (Å²) >= 11 is 0. The van der Waals surface area contributed by atoms with Crippen LogP contribution in [0.3, 0.4) is 0 Å². The molecule has 2 rings (SSSR count). The van der Waals surface area contributed by atoms with Crippen LogP contribution < -0.4 is 5.32 Å². The summed E-state index contributed by atoms with van der Waals surface area (Å²) in [6.07, 6.45) is 3.75. The first kappa shape index (κ1) is 14.4. The minimum Gasteiger partial charge on any atom is -0.478 e. The number of aromatic amines is 1. The van der Waals surface area contributed by atoms with Gasteiger partial charge in [-0.05, 0) is 29.8 Å². The molecule has 0 bridgehead atoms. The number of halogens is 1. The van der Waals surface area contributed by atoms with Crippen molar-refractivity contribution in [1.82, 2.24) is 15.5 Å². The Balaban J connectivity index is 2.07. The molecule has 1 aromatic carbocycles. The molecule has 1 heterocycles. The molecule has 3 N–H and O–H groups in total. The Morgan fingerprint density at radius 1 is 1.38 bits per heavy atom. The van der Waals surface area contributed by atoms with Gasteiger partial charge in [-0.25, -0.2) is 9.18 Å². The fraction of sp³-hybridized carbons (Fsp3) is 0.0714. The molecule has 1 amide bonds. The standard InChI is InChI=1S/C14H12FN3O3/c15-11-3-1-9(2-4-13(19)20)7-10(11)8-16-14(21)12-5-6-17-18-12/h1-7H,8H2,(H,16,21)(H,17,18)(H,19,20). The number of aromatic nitrogens is 2. The van der Waals surface area contributed by atoms with Crippen molar-refractivity contribution in [3.8, 4) is 0 Å². The molecule has 0 spiro atoms. The first-order chi connectivity index (χ1) is 10.1. The van der Waals surface area contributed by atoms with Crippen LogP contribution in [0.4, 0.5) is 4.39 Å². The van der Waals surface area contributed by atoms with E-state index < -0.39 is 17.7 Å². The number of hydrogen-bond donors (Lipinski definition) is 3. The lowest BCUT2D eigenvalue weighted by molar-refractivity contribution is -0.131. The van der Waals surface area contributed by atoms with Crippen molar-refractivity contribution in [3.05, 3.63) is 59.2 Å². The second-order valence-electron chi connectivity index (χ2n) is 4.18. The molecule has 0 radical (unpaired) electrons. The number of H-pyrrole nitrogens is 1. The Morgan fingerprint density at radius 3 is 2.86 bits per heavy atom. The van der Waals surface area contributed by atoms with Gasteiger partial charge in [0.05, 0.1) is 0 Å². The second-order valence-corrected chi connectivity index (χ2v) is 4.18. The normalized spacial score (nSPS) is 10.7. The quantitative estimate of drug-likeness (QED) is 0.728. The molecule has 0 saturated carbocycles. The highest BCUT2D eigenvalue weighted by Crippen LogP contribution is 2.12. The molecule has 7 heteroatoms. The lowest BCUT2D eigenvalue weighted by atomic mass is 10.1. The summed E-state index contributed by atoms with van der Waals surface area (Å²) in [6, 6.07) is 5.65. The molecular formula is C14H12FN3O3. The van der Waals surface area contributed by atoms with Gasteiger partial charge in [-0.15, -0.1) is 0 Å². The monoisotopic (exact) mass is 289 g/mol. The number of amides is 1. The van der Waals surface area contributed by atoms with E-state index >= 15 is 0 Å². The Morgan fingerprint density at radius 2 is 2.19 bits per heavy atom. The van der Waals surface area contributed by atoms with Crippen LogP contribution in [-0.2, 0) is 11.3 Å². The minimum absolute atomic E-state index is 0.0154. The van der Waals surface area contributed by atoms with E-state index in [0.717, 1.165) is 6.08 Å². The molecular weight excluding hydrogens is 277 g/mol. The molecule has 2 aromatic rings. The predicted molar refractivity (Wildman–Crippen MR) is 72.8 cm³/mol. The summed E-state index contributed by atoms with van der Waals surface area (Å²) in [4.78, 5) is 22.1. The maximum Gasteiger partial charge on any atom is 0.328 e. The van der Waals surface area contributed by atoms with Gasteiger partial charge in [0.1, 0.15) is 11.5 Å². The van der Waals surface area contributed by atoms with Gasteiger partial charge in [0.15, 0.2) is 0 Å². The molecule has 0 unspecified atom stereocenters. The lowest BCUT2D eigenvalue weighted by Crippen LogP contribution is -2.23. The fourth-order valence-corrected chi connectivity index (χ4v) is 1.65. The average Bonchev–Trinajstić information content (AvgIpc) is 2.98. The predicted octanol–water partition coefficient (Wildman–Crippen LogP) is 1.58. The van der Waals surface area contributed by atoms with Gasteiger partial charge in [-0.3, -0.25) is 9.89 Å². The van der Waals surface area contributed by atoms with Crippen LogP contribution in [0.1, 0.15) is 21.6 Å². The first-order valence-corrected chi connectivity index (χ1v) is 6.03. The number of benzene rings is 1. The van der Waals surface area contributed by atoms with E-state index in [1.165, 1.54) is 36.5 Å². The molecule has 0 aliphatic heterocycles. The van der Waals surface area contributed by atoms with Crippen molar-refractivity contribution in [2.75, 3.05) is 0 Å². The van der Waals surface area contributed by atoms with E-state index in [1.54, 1.807) is 0 Å². The molecule has 6 nitrogen and oxygen atoms in total. The Hall–Kier alpha value is -2.96. The van der Waals surface area contributed by atoms with Crippen LogP contribution in [0.25, 0.3) is 6.08 Å². The van der Waals surface area contributed by atoms with Gasteiger partial charge in [-0.2, -0.15) is 5.10 Å². The summed E-state index contributed by atoms with van der Waals surface area (Å²) in [7, 11) is 0. The number of rotatable bonds is 5. The van der Waals surface area contributed by atoms with Crippen LogP contribution in [0.15, 0.2) is 36.5 Å². The zero-order valence-electron chi connectivity index (χ0n) is 10.8. The van der Waals surface area contributed by atoms with Gasteiger partial charge in [-0.1, -0.05) is 6.07 Å². The van der Waals surface area contributed by atoms with Crippen molar-refractivity contribution in [1.29, 1.82) is 0 Å². The van der Waals surface area contributed by atoms with E-state index in [2.05, 4.69) is 15.5 Å². The van der Waals surface area contributed by atoms with Gasteiger partial charge >= 0.3 is 5.97 Å². The lowest BCUT2D eigenvalue weighted by Gasteiger charge is -2.06. The molecule has 108 valence electrons. The third kappa shape index (κ3) is 4.00. The van der Waals surface area contributed by atoms with Crippen molar-refractivity contribution >= 4 is 18.0 Å². The zero-order valence-corrected chi connectivity index (χ0v) is 10.8. The zero-order chi connectivity index (χ0) is 15.2. The van der Waals surface area contributed by atoms with Crippen LogP contribution in [-0.4, -0.2) is 27.2 Å². The number of nitrogens with zero attached hydrogens (tertiary/aromatic N) is 1. The van der Waals surface area contributed by atoms with Gasteiger partial charge < -0.3 is 10.4 Å². The number of aliphatic carboxylic acids is 1. The number of carbonyl (C=O) groups is 2. The maximum absolute atomic E-state index is 13.6. The minimum atomic E-state index is -1.09. The van der Waals surface area contributed by atoms with Gasteiger partial charge in [0.25, 0.3) is 5.91 Å². The van der Waals surface area contributed by atoms with Crippen LogP contribution in [0.2, 0.25) is 0 Å². The molecule has 0 aliphatic rings. The third-order valence-electron chi connectivity index (χ3n) is 2.67. The highest BCUT2D eigenvalue weighted by atomic mass is 19.1. The maximum atomic E-state index is 13.6. The van der Waals surface area contributed by atoms with Crippen molar-refractivity contribution < 1.29 is 19.1 Å². The summed E-state index contributed by atoms with van der Waals surface area (Å²) in [5.41, 5.74) is 1.07. The largest absolute Gasteiger partial charge is 0.478 e. The van der Waals surface area contributed by atoms with Crippen LogP contribution in [0, 0.1) is 5.82 Å². The van der Waals surface area contributed by atoms with Gasteiger partial charge in [0, 0.05) is 24.4 Å². The Labute approximate surface area is 119 Å². The topological polar surface area (TPSA) is 95.1 Å². The summed E-state index contributed by atoms with van der Waals surface area (Å²) in [5, 5.41) is 17.2. The molecule has 0 atom stereocenters. The fourth-order valence-electron chi connectivity index (χ4n) is 1.65. The summed E-state index contributed by atoms with van der Waals surface area (Å²) in [6.45, 7) is -0.0154. The average molecular weight is 289 g/mol. The highest BCUT2D eigenvalue weighted by Gasteiger charge is 2.08. The van der Waals surface area contributed by atoms with E-state index in [-0.39, 0.29) is 17.8 Å². The SMILES string of the molecule is O=C(O)C=Cc1ccc(F)c(CNC(=O)c2ccn[nH]2)c1. The van der Waals surface area contributed by atoms with Crippen molar-refractivity contribution in [3.63, 3.8) is 0 Å². The third-order valence-corrected chi connectivity index (χ3v) is 2.67. The molecule has 0 saturated heterocycles. The van der Waals surface area contributed by atoms with E-state index in [4.69, 9.17) is 5.11 Å². The number of hydrogen-bond acceptors (Lipinski definition) is 3. The van der Waals surface area contributed by atoms with Crippen molar-refractivity contribution in [2.45, 2.75) is 6.54 Å². The molecule has 0 fully saturated rings. The molecule has 21 heavy (non-hydrogen) atoms. The Kier molecular flexibility index (Phi) is 4.45. The van der Waals surface area contributed by atoms with E-state index in [9.17, 15) is 14.0 Å². The summed E-state index contributed by atoms with van der Waals surface area (Å²) in [5.74, 6) is -1.97. The number of carboxylic acids is 1. The molecule has 1 aromatic heterocycles. The van der Waals surface area contributed by atoms with Crippen LogP contribution >= 0.6 is 0 Å². The van der Waals surface area contributed by atoms with E-state index in [1.807, 2.05) is 0 Å². The van der Waals surface area contributed by atoms with Gasteiger partial charge in [0.2, 0.25) is 0 Å². The summed E-state index contributed by atoms with van der Waals surface area (Å²) < 4.78 is 13.6. The van der Waals surface area contributed by atoms with E-state index in [0.29, 0.717) is 5.56 Å².